The monoisotopic (exact) mass is 268 g/mol. The highest BCUT2D eigenvalue weighted by molar-refractivity contribution is 7.99. The Labute approximate surface area is 110 Å². The number of carbonyl (C=O) groups excluding carboxylic acids is 1. The number of thioether (sulfide) groups is 1. The summed E-state index contributed by atoms with van der Waals surface area (Å²) in [7, 11) is 0. The summed E-state index contributed by atoms with van der Waals surface area (Å²) in [5.74, 6) is 0.599. The summed E-state index contributed by atoms with van der Waals surface area (Å²) in [5.41, 5.74) is 6.47. The predicted molar refractivity (Wildman–Crippen MR) is 70.9 cm³/mol. The van der Waals surface area contributed by atoms with E-state index in [9.17, 15) is 9.18 Å². The van der Waals surface area contributed by atoms with E-state index in [4.69, 9.17) is 5.73 Å². The van der Waals surface area contributed by atoms with Crippen LogP contribution >= 0.6 is 11.8 Å². The number of hydrogen-bond acceptors (Lipinski definition) is 3. The lowest BCUT2D eigenvalue weighted by atomic mass is 10.0. The van der Waals surface area contributed by atoms with Crippen molar-refractivity contribution in [2.45, 2.75) is 36.7 Å². The average molecular weight is 268 g/mol. The van der Waals surface area contributed by atoms with Crippen LogP contribution in [0.25, 0.3) is 0 Å². The fraction of sp³-hybridized carbons (Fsp3) is 0.462. The number of benzene rings is 1. The van der Waals surface area contributed by atoms with Gasteiger partial charge in [0, 0.05) is 23.1 Å². The highest BCUT2D eigenvalue weighted by atomic mass is 32.2. The summed E-state index contributed by atoms with van der Waals surface area (Å²) in [6.07, 6.45) is 1.13. The molecule has 0 aliphatic carbocycles. The van der Waals surface area contributed by atoms with E-state index in [-0.39, 0.29) is 23.8 Å². The molecule has 1 aromatic rings. The predicted octanol–water partition coefficient (Wildman–Crippen LogP) is 2.22. The average Bonchev–Trinajstić information content (AvgIpc) is 2.28. The number of halogens is 1. The molecule has 0 spiro atoms. The fourth-order valence-corrected chi connectivity index (χ4v) is 3.17. The number of nitrogens with two attached hydrogens (primary N) is 1. The molecule has 3 N–H and O–H groups in total. The molecule has 5 heteroatoms. The van der Waals surface area contributed by atoms with Crippen LogP contribution in [-0.2, 0) is 4.79 Å². The molecule has 1 aromatic carbocycles. The van der Waals surface area contributed by atoms with Gasteiger partial charge in [-0.05, 0) is 37.1 Å². The molecule has 0 saturated carbocycles. The van der Waals surface area contributed by atoms with Crippen molar-refractivity contribution in [2.75, 3.05) is 5.75 Å². The third-order valence-corrected chi connectivity index (χ3v) is 3.98. The van der Waals surface area contributed by atoms with Crippen LogP contribution in [0.3, 0.4) is 0 Å². The summed E-state index contributed by atoms with van der Waals surface area (Å²) in [4.78, 5) is 12.8. The normalized spacial score (nSPS) is 20.1. The highest BCUT2D eigenvalue weighted by Gasteiger charge is 2.22. The van der Waals surface area contributed by atoms with Crippen LogP contribution in [0.1, 0.15) is 31.4 Å². The second-order valence-corrected chi connectivity index (χ2v) is 5.76. The maximum atomic E-state index is 13.3. The molecule has 1 amide bonds. The van der Waals surface area contributed by atoms with Gasteiger partial charge in [0.25, 0.3) is 0 Å². The Morgan fingerprint density at radius 2 is 2.44 bits per heavy atom. The van der Waals surface area contributed by atoms with Gasteiger partial charge in [0.05, 0.1) is 6.04 Å². The molecule has 1 heterocycles. The van der Waals surface area contributed by atoms with E-state index in [1.54, 1.807) is 24.8 Å². The first-order valence-electron chi connectivity index (χ1n) is 6.03. The second-order valence-electron chi connectivity index (χ2n) is 4.62. The van der Waals surface area contributed by atoms with Crippen LogP contribution in [0.5, 0.6) is 0 Å². The van der Waals surface area contributed by atoms with Gasteiger partial charge in [0.15, 0.2) is 0 Å². The zero-order valence-corrected chi connectivity index (χ0v) is 11.1. The van der Waals surface area contributed by atoms with Crippen LogP contribution in [0.15, 0.2) is 23.1 Å². The number of amides is 1. The lowest BCUT2D eigenvalue weighted by molar-refractivity contribution is -0.122. The van der Waals surface area contributed by atoms with Crippen molar-refractivity contribution in [3.63, 3.8) is 0 Å². The smallest absolute Gasteiger partial charge is 0.222 e. The van der Waals surface area contributed by atoms with Crippen molar-refractivity contribution in [3.8, 4) is 0 Å². The van der Waals surface area contributed by atoms with Crippen LogP contribution in [-0.4, -0.2) is 17.7 Å². The Bertz CT molecular complexity index is 451. The van der Waals surface area contributed by atoms with Gasteiger partial charge in [-0.1, -0.05) is 0 Å². The molecule has 98 valence electrons. The zero-order chi connectivity index (χ0) is 13.1. The van der Waals surface area contributed by atoms with Crippen molar-refractivity contribution in [2.24, 2.45) is 5.73 Å². The summed E-state index contributed by atoms with van der Waals surface area (Å²) < 4.78 is 13.3. The first-order valence-corrected chi connectivity index (χ1v) is 7.02. The minimum Gasteiger partial charge on any atom is -0.349 e. The van der Waals surface area contributed by atoms with Gasteiger partial charge in [-0.25, -0.2) is 4.39 Å². The van der Waals surface area contributed by atoms with Gasteiger partial charge < -0.3 is 11.1 Å². The van der Waals surface area contributed by atoms with E-state index >= 15 is 0 Å². The molecular weight excluding hydrogens is 251 g/mol. The van der Waals surface area contributed by atoms with E-state index in [0.29, 0.717) is 6.42 Å². The SMILES string of the molecule is CC(N)CC(=O)NC1CCSc2ccc(F)cc21. The Morgan fingerprint density at radius 1 is 1.67 bits per heavy atom. The molecule has 0 bridgehead atoms. The third-order valence-electron chi connectivity index (χ3n) is 2.85. The maximum absolute atomic E-state index is 13.3. The van der Waals surface area contributed by atoms with Gasteiger partial charge in [0.1, 0.15) is 5.82 Å². The van der Waals surface area contributed by atoms with E-state index in [2.05, 4.69) is 5.32 Å². The number of rotatable bonds is 3. The van der Waals surface area contributed by atoms with Crippen molar-refractivity contribution < 1.29 is 9.18 Å². The molecule has 0 saturated heterocycles. The molecule has 0 radical (unpaired) electrons. The van der Waals surface area contributed by atoms with Crippen molar-refractivity contribution in [1.29, 1.82) is 0 Å². The summed E-state index contributed by atoms with van der Waals surface area (Å²) in [6, 6.07) is 4.49. The van der Waals surface area contributed by atoms with Gasteiger partial charge in [0.2, 0.25) is 5.91 Å². The molecule has 1 aliphatic rings. The molecule has 18 heavy (non-hydrogen) atoms. The minimum atomic E-state index is -0.261. The molecule has 0 aromatic heterocycles. The number of hydrogen-bond donors (Lipinski definition) is 2. The summed E-state index contributed by atoms with van der Waals surface area (Å²) >= 11 is 1.70. The highest BCUT2D eigenvalue weighted by Crippen LogP contribution is 2.36. The second kappa shape index (κ2) is 5.71. The van der Waals surface area contributed by atoms with Crippen LogP contribution in [0.4, 0.5) is 4.39 Å². The Kier molecular flexibility index (Phi) is 4.24. The quantitative estimate of drug-likeness (QED) is 0.883. The van der Waals surface area contributed by atoms with Crippen LogP contribution < -0.4 is 11.1 Å². The summed E-state index contributed by atoms with van der Waals surface area (Å²) in [5, 5.41) is 2.93. The van der Waals surface area contributed by atoms with Gasteiger partial charge >= 0.3 is 0 Å². The summed E-state index contributed by atoms with van der Waals surface area (Å²) in [6.45, 7) is 1.80. The number of fused-ring (bicyclic) bond motifs is 1. The topological polar surface area (TPSA) is 55.1 Å². The van der Waals surface area contributed by atoms with Crippen molar-refractivity contribution >= 4 is 17.7 Å². The standard InChI is InChI=1S/C13H17FN2OS/c1-8(15)6-13(17)16-11-4-5-18-12-3-2-9(14)7-10(11)12/h2-3,7-8,11H,4-6,15H2,1H3,(H,16,17). The molecule has 2 atom stereocenters. The molecular formula is C13H17FN2OS. The number of nitrogens with one attached hydrogen (secondary N) is 1. The minimum absolute atomic E-state index is 0.0721. The van der Waals surface area contributed by atoms with Crippen LogP contribution in [0, 0.1) is 5.82 Å². The van der Waals surface area contributed by atoms with Crippen molar-refractivity contribution in [1.82, 2.24) is 5.32 Å². The first-order chi connectivity index (χ1) is 8.56. The molecule has 0 fully saturated rings. The molecule has 2 rings (SSSR count). The first kappa shape index (κ1) is 13.4. The molecule has 2 unspecified atom stereocenters. The Balaban J connectivity index is 2.12. The lowest BCUT2D eigenvalue weighted by Crippen LogP contribution is -2.34. The number of carbonyl (C=O) groups is 1. The molecule has 1 aliphatic heterocycles. The van der Waals surface area contributed by atoms with E-state index < -0.39 is 0 Å². The van der Waals surface area contributed by atoms with Gasteiger partial charge in [-0.15, -0.1) is 11.8 Å². The third kappa shape index (κ3) is 3.23. The van der Waals surface area contributed by atoms with E-state index in [1.165, 1.54) is 12.1 Å². The van der Waals surface area contributed by atoms with Crippen LogP contribution in [0.2, 0.25) is 0 Å². The van der Waals surface area contributed by atoms with E-state index in [0.717, 1.165) is 22.6 Å². The molecule has 3 nitrogen and oxygen atoms in total. The fourth-order valence-electron chi connectivity index (χ4n) is 2.06. The largest absolute Gasteiger partial charge is 0.349 e. The van der Waals surface area contributed by atoms with Crippen molar-refractivity contribution in [3.05, 3.63) is 29.6 Å². The lowest BCUT2D eigenvalue weighted by Gasteiger charge is -2.26. The van der Waals surface area contributed by atoms with Gasteiger partial charge in [-0.3, -0.25) is 4.79 Å². The van der Waals surface area contributed by atoms with Gasteiger partial charge in [-0.2, -0.15) is 0 Å². The maximum Gasteiger partial charge on any atom is 0.222 e. The Morgan fingerprint density at radius 3 is 3.17 bits per heavy atom. The zero-order valence-electron chi connectivity index (χ0n) is 10.3. The Hall–Kier alpha value is -1.07. The van der Waals surface area contributed by atoms with E-state index in [1.807, 2.05) is 0 Å².